The summed E-state index contributed by atoms with van der Waals surface area (Å²) in [5.41, 5.74) is 0.240. The first-order chi connectivity index (χ1) is 13.8. The highest BCUT2D eigenvalue weighted by Crippen LogP contribution is 2.39. The molecule has 1 atom stereocenters. The first kappa shape index (κ1) is 20.5. The number of rotatable bonds is 6. The second kappa shape index (κ2) is 8.05. The summed E-state index contributed by atoms with van der Waals surface area (Å²) in [4.78, 5) is 13.1. The molecule has 0 aliphatic carbocycles. The zero-order chi connectivity index (χ0) is 21.3. The van der Waals surface area contributed by atoms with Gasteiger partial charge in [0.05, 0.1) is 20.3 Å². The Balaban J connectivity index is 2.33. The van der Waals surface area contributed by atoms with E-state index in [9.17, 15) is 20.1 Å². The van der Waals surface area contributed by atoms with Gasteiger partial charge in [-0.25, -0.2) is 0 Å². The van der Waals surface area contributed by atoms with Gasteiger partial charge in [-0.2, -0.15) is 0 Å². The van der Waals surface area contributed by atoms with Crippen molar-refractivity contribution in [2.45, 2.75) is 26.4 Å². The van der Waals surface area contributed by atoms with E-state index in [4.69, 9.17) is 13.9 Å². The summed E-state index contributed by atoms with van der Waals surface area (Å²) in [6.07, 6.45) is -0.720. The van der Waals surface area contributed by atoms with Gasteiger partial charge in [0.1, 0.15) is 28.2 Å². The SMILES string of the molecule is COc1ccc(-c2oc3c(CC(O)C(C)C)c(O)cc(O)c3c(=O)c2OC)cc1. The molecule has 0 radical (unpaired) electrons. The number of fused-ring (bicyclic) bond motifs is 1. The molecule has 0 bridgehead atoms. The van der Waals surface area contributed by atoms with Crippen LogP contribution in [0.4, 0.5) is 0 Å². The molecule has 3 rings (SSSR count). The van der Waals surface area contributed by atoms with Crippen molar-refractivity contribution < 1.29 is 29.2 Å². The standard InChI is InChI=1S/C22H24O7/c1-11(2)15(23)9-14-16(24)10-17(25)18-19(26)22(28-4)20(29-21(14)18)12-5-7-13(27-3)8-6-12/h5-8,10-11,15,23-25H,9H2,1-4H3. The van der Waals surface area contributed by atoms with Crippen LogP contribution in [0, 0.1) is 5.92 Å². The summed E-state index contributed by atoms with van der Waals surface area (Å²) < 4.78 is 16.4. The molecule has 1 unspecified atom stereocenters. The van der Waals surface area contributed by atoms with Crippen LogP contribution in [-0.4, -0.2) is 35.6 Å². The number of benzene rings is 2. The van der Waals surface area contributed by atoms with Crippen LogP contribution in [0.5, 0.6) is 23.0 Å². The van der Waals surface area contributed by atoms with E-state index in [1.165, 1.54) is 7.11 Å². The Morgan fingerprint density at radius 2 is 1.69 bits per heavy atom. The molecule has 0 fully saturated rings. The molecule has 7 heteroatoms. The van der Waals surface area contributed by atoms with Crippen LogP contribution in [0.1, 0.15) is 19.4 Å². The molecule has 7 nitrogen and oxygen atoms in total. The number of ether oxygens (including phenoxy) is 2. The van der Waals surface area contributed by atoms with E-state index in [1.54, 1.807) is 31.4 Å². The maximum Gasteiger partial charge on any atom is 0.239 e. The second-order valence-electron chi connectivity index (χ2n) is 7.14. The van der Waals surface area contributed by atoms with Crippen LogP contribution in [0.25, 0.3) is 22.3 Å². The molecule has 154 valence electrons. The fourth-order valence-corrected chi connectivity index (χ4v) is 3.13. The van der Waals surface area contributed by atoms with Gasteiger partial charge in [0, 0.05) is 23.6 Å². The van der Waals surface area contributed by atoms with Crippen LogP contribution in [-0.2, 0) is 6.42 Å². The molecular weight excluding hydrogens is 376 g/mol. The molecule has 2 aromatic carbocycles. The maximum absolute atomic E-state index is 13.1. The lowest BCUT2D eigenvalue weighted by Crippen LogP contribution is -2.18. The third-order valence-electron chi connectivity index (χ3n) is 4.92. The Morgan fingerprint density at radius 3 is 2.24 bits per heavy atom. The van der Waals surface area contributed by atoms with Crippen molar-refractivity contribution in [2.75, 3.05) is 14.2 Å². The van der Waals surface area contributed by atoms with Crippen LogP contribution in [0.2, 0.25) is 0 Å². The number of aliphatic hydroxyl groups excluding tert-OH is 1. The lowest BCUT2D eigenvalue weighted by Gasteiger charge is -2.18. The minimum atomic E-state index is -0.773. The van der Waals surface area contributed by atoms with E-state index >= 15 is 0 Å². The lowest BCUT2D eigenvalue weighted by atomic mass is 9.96. The molecule has 3 N–H and O–H groups in total. The molecule has 0 amide bonds. The predicted molar refractivity (Wildman–Crippen MR) is 109 cm³/mol. The Bertz CT molecular complexity index is 1080. The summed E-state index contributed by atoms with van der Waals surface area (Å²) in [6, 6.07) is 7.91. The molecule has 1 aromatic heterocycles. The average Bonchev–Trinajstić information content (AvgIpc) is 2.70. The summed E-state index contributed by atoms with van der Waals surface area (Å²) in [5, 5.41) is 30.9. The predicted octanol–water partition coefficient (Wildman–Crippen LogP) is 3.45. The van der Waals surface area contributed by atoms with Gasteiger partial charge < -0.3 is 29.2 Å². The lowest BCUT2D eigenvalue weighted by molar-refractivity contribution is 0.125. The van der Waals surface area contributed by atoms with Crippen LogP contribution in [0.15, 0.2) is 39.5 Å². The van der Waals surface area contributed by atoms with Crippen LogP contribution in [0.3, 0.4) is 0 Å². The van der Waals surface area contributed by atoms with Crippen molar-refractivity contribution in [1.82, 2.24) is 0 Å². The number of phenols is 2. The topological polar surface area (TPSA) is 109 Å². The Morgan fingerprint density at radius 1 is 1.03 bits per heavy atom. The summed E-state index contributed by atoms with van der Waals surface area (Å²) in [7, 11) is 2.88. The normalized spacial score (nSPS) is 12.3. The van der Waals surface area contributed by atoms with Gasteiger partial charge in [-0.3, -0.25) is 4.79 Å². The molecule has 0 saturated carbocycles. The van der Waals surface area contributed by atoms with Gasteiger partial charge in [-0.05, 0) is 30.2 Å². The summed E-state index contributed by atoms with van der Waals surface area (Å²) >= 11 is 0. The van der Waals surface area contributed by atoms with Crippen LogP contribution >= 0.6 is 0 Å². The number of phenolic OH excluding ortho intramolecular Hbond substituents is 2. The van der Waals surface area contributed by atoms with E-state index in [0.717, 1.165) is 6.07 Å². The van der Waals surface area contributed by atoms with E-state index < -0.39 is 17.3 Å². The number of hydrogen-bond acceptors (Lipinski definition) is 7. The molecule has 0 spiro atoms. The number of aromatic hydroxyl groups is 2. The summed E-state index contributed by atoms with van der Waals surface area (Å²) in [5.74, 6) is -0.0505. The maximum atomic E-state index is 13.1. The fraction of sp³-hybridized carbons (Fsp3) is 0.318. The van der Waals surface area contributed by atoms with Gasteiger partial charge in [0.2, 0.25) is 11.2 Å². The molecule has 0 saturated heterocycles. The van der Waals surface area contributed by atoms with Gasteiger partial charge in [0.25, 0.3) is 0 Å². The molecule has 3 aromatic rings. The van der Waals surface area contributed by atoms with Gasteiger partial charge >= 0.3 is 0 Å². The van der Waals surface area contributed by atoms with Crippen molar-refractivity contribution in [3.05, 3.63) is 46.1 Å². The van der Waals surface area contributed by atoms with Crippen molar-refractivity contribution in [3.8, 4) is 34.3 Å². The van der Waals surface area contributed by atoms with E-state index in [0.29, 0.717) is 11.3 Å². The first-order valence-electron chi connectivity index (χ1n) is 9.19. The number of methoxy groups -OCH3 is 2. The Hall–Kier alpha value is -3.19. The van der Waals surface area contributed by atoms with Crippen molar-refractivity contribution in [2.24, 2.45) is 5.92 Å². The van der Waals surface area contributed by atoms with Gasteiger partial charge in [-0.1, -0.05) is 13.8 Å². The molecule has 1 heterocycles. The third kappa shape index (κ3) is 3.73. The Kier molecular flexibility index (Phi) is 5.70. The molecular formula is C22H24O7. The summed E-state index contributed by atoms with van der Waals surface area (Å²) in [6.45, 7) is 3.68. The molecule has 0 aliphatic rings. The third-order valence-corrected chi connectivity index (χ3v) is 4.92. The van der Waals surface area contributed by atoms with E-state index in [1.807, 2.05) is 13.8 Å². The minimum Gasteiger partial charge on any atom is -0.507 e. The largest absolute Gasteiger partial charge is 0.507 e. The zero-order valence-electron chi connectivity index (χ0n) is 16.7. The molecule has 29 heavy (non-hydrogen) atoms. The van der Waals surface area contributed by atoms with E-state index in [2.05, 4.69) is 0 Å². The van der Waals surface area contributed by atoms with Crippen molar-refractivity contribution in [3.63, 3.8) is 0 Å². The quantitative estimate of drug-likeness (QED) is 0.581. The fourth-order valence-electron chi connectivity index (χ4n) is 3.13. The van der Waals surface area contributed by atoms with Gasteiger partial charge in [0.15, 0.2) is 5.76 Å². The van der Waals surface area contributed by atoms with Crippen LogP contribution < -0.4 is 14.9 Å². The first-order valence-corrected chi connectivity index (χ1v) is 9.19. The number of hydrogen-bond donors (Lipinski definition) is 3. The minimum absolute atomic E-state index is 0.0128. The van der Waals surface area contributed by atoms with Crippen molar-refractivity contribution in [1.29, 1.82) is 0 Å². The molecule has 0 aliphatic heterocycles. The van der Waals surface area contributed by atoms with E-state index in [-0.39, 0.29) is 46.1 Å². The highest BCUT2D eigenvalue weighted by molar-refractivity contribution is 5.91. The van der Waals surface area contributed by atoms with Gasteiger partial charge in [-0.15, -0.1) is 0 Å². The average molecular weight is 400 g/mol. The second-order valence-corrected chi connectivity index (χ2v) is 7.14. The highest BCUT2D eigenvalue weighted by Gasteiger charge is 2.25. The Labute approximate surface area is 167 Å². The smallest absolute Gasteiger partial charge is 0.239 e. The highest BCUT2D eigenvalue weighted by atomic mass is 16.5. The van der Waals surface area contributed by atoms with Crippen molar-refractivity contribution >= 4 is 11.0 Å². The number of aliphatic hydroxyl groups is 1. The monoisotopic (exact) mass is 400 g/mol. The zero-order valence-corrected chi connectivity index (χ0v) is 16.7.